The van der Waals surface area contributed by atoms with Gasteiger partial charge in [0, 0.05) is 51.8 Å². The third-order valence-electron chi connectivity index (χ3n) is 11.4. The Bertz CT molecular complexity index is 1440. The fourth-order valence-corrected chi connectivity index (χ4v) is 17.8. The topological polar surface area (TPSA) is 299 Å². The zero-order valence-electron chi connectivity index (χ0n) is 43.6. The highest BCUT2D eigenvalue weighted by Crippen LogP contribution is 2.46. The fourth-order valence-electron chi connectivity index (χ4n) is 7.38. The van der Waals surface area contributed by atoms with Crippen LogP contribution >= 0.6 is 64.8 Å². The number of carbonyl (C=O) groups is 7. The molecule has 74 heavy (non-hydrogen) atoms. The zero-order valence-corrected chi connectivity index (χ0v) is 48.5. The highest BCUT2D eigenvalue weighted by atomic mass is 33.2. The summed E-state index contributed by atoms with van der Waals surface area (Å²) < 4.78 is 21.7. The van der Waals surface area contributed by atoms with E-state index < -0.39 is 29.9 Å². The predicted molar refractivity (Wildman–Crippen MR) is 302 cm³/mol. The number of rotatable bonds is 51. The maximum Gasteiger partial charge on any atom is 0.320 e. The number of hydrogen-bond acceptors (Lipinski definition) is 20. The number of nitrogens with one attached hydrogen (secondary N) is 3. The minimum absolute atomic E-state index is 0.00344. The molecule has 0 bridgehead atoms. The molecule has 1 fully saturated rings. The van der Waals surface area contributed by atoms with E-state index in [2.05, 4.69) is 21.8 Å². The Kier molecular flexibility index (Phi) is 53.7. The maximum absolute atomic E-state index is 12.5. The predicted octanol–water partition coefficient (Wildman–Crippen LogP) is 9.48. The van der Waals surface area contributed by atoms with E-state index in [9.17, 15) is 43.8 Å². The molecule has 0 aliphatic carbocycles. The van der Waals surface area contributed by atoms with Crippen LogP contribution in [-0.2, 0) is 52.5 Å². The second-order valence-corrected chi connectivity index (χ2v) is 26.1. The highest BCUT2D eigenvalue weighted by Gasteiger charge is 2.24. The van der Waals surface area contributed by atoms with Crippen LogP contribution in [-0.4, -0.2) is 149 Å². The van der Waals surface area contributed by atoms with Crippen LogP contribution < -0.4 is 21.8 Å². The van der Waals surface area contributed by atoms with E-state index in [4.69, 9.17) is 29.3 Å². The molecule has 2 atom stereocenters. The molecule has 9 N–H and O–H groups in total. The van der Waals surface area contributed by atoms with Gasteiger partial charge in [-0.1, -0.05) is 167 Å². The van der Waals surface area contributed by atoms with Crippen molar-refractivity contribution in [2.24, 2.45) is 11.8 Å². The van der Waals surface area contributed by atoms with Crippen molar-refractivity contribution in [3.05, 3.63) is 0 Å². The first-order chi connectivity index (χ1) is 36.0. The maximum atomic E-state index is 12.5. The van der Waals surface area contributed by atoms with E-state index in [1.165, 1.54) is 57.8 Å². The lowest BCUT2D eigenvalue weighted by Crippen LogP contribution is -2.40. The summed E-state index contributed by atoms with van der Waals surface area (Å²) in [7, 11) is 10.4. The summed E-state index contributed by atoms with van der Waals surface area (Å²) in [6.07, 6.45) is 22.4. The van der Waals surface area contributed by atoms with Crippen LogP contribution in [0.15, 0.2) is 0 Å². The lowest BCUT2D eigenvalue weighted by Gasteiger charge is -2.21. The van der Waals surface area contributed by atoms with Gasteiger partial charge in [0.15, 0.2) is 5.78 Å². The minimum atomic E-state index is -1.07. The molecule has 0 radical (unpaired) electrons. The lowest BCUT2D eigenvalue weighted by atomic mass is 9.94. The number of nitrogens with two attached hydrogens (primary N) is 1. The standard InChI is InChI=1S/C49H87N3O14S6.H3NO/c53-41(21-16-13-11-9-7-5-3-1-2-4-6-8-10-12-14-18-24-46(57)58)35-40(47(59)60)25-26-44(55)51-28-30-64-32-33-65-36-42(54)22-20-29-63-31-34-66-37-45(56)50-27-19-15-17-23-43(48(61)62)52-49-71-69-38-67-68-39-70-72-49;1-2/h40,43,49,52H,1-39H2,(H,50,56)(H,51,55)(H,57,58)(H,59,60)(H,61,62);2H,1H2/t40-,43+;/m1./s1. The van der Waals surface area contributed by atoms with E-state index >= 15 is 0 Å². The van der Waals surface area contributed by atoms with E-state index in [1.807, 2.05) is 21.6 Å². The Balaban J connectivity index is 0.0000263. The molecule has 25 heteroatoms. The Morgan fingerprint density at radius 1 is 0.459 bits per heavy atom. The van der Waals surface area contributed by atoms with Crippen molar-refractivity contribution in [2.75, 3.05) is 76.1 Å². The van der Waals surface area contributed by atoms with Crippen molar-refractivity contribution < 1.29 is 73.0 Å². The van der Waals surface area contributed by atoms with Crippen LogP contribution in [0.3, 0.4) is 0 Å². The third-order valence-corrected chi connectivity index (χ3v) is 21.3. The molecule has 0 spiro atoms. The van der Waals surface area contributed by atoms with Crippen molar-refractivity contribution in [1.82, 2.24) is 16.0 Å². The van der Waals surface area contributed by atoms with Crippen LogP contribution in [0.2, 0.25) is 0 Å². The number of ketones is 2. The van der Waals surface area contributed by atoms with Crippen LogP contribution in [0.4, 0.5) is 0 Å². The monoisotopic (exact) mass is 1170 g/mol. The van der Waals surface area contributed by atoms with Crippen molar-refractivity contribution in [2.45, 2.75) is 184 Å². The van der Waals surface area contributed by atoms with Crippen LogP contribution in [0, 0.1) is 5.92 Å². The molecular weight excluding hydrogens is 1080 g/mol. The van der Waals surface area contributed by atoms with Gasteiger partial charge in [-0.3, -0.25) is 38.9 Å². The number of hydrogen-bond donors (Lipinski definition) is 8. The first-order valence-electron chi connectivity index (χ1n) is 26.4. The molecule has 0 aromatic rings. The Labute approximate surface area is 464 Å². The molecule has 2 amide bonds. The Morgan fingerprint density at radius 3 is 1.50 bits per heavy atom. The number of carboxylic acid groups (broad SMARTS) is 3. The minimum Gasteiger partial charge on any atom is -0.481 e. The molecule has 432 valence electrons. The van der Waals surface area contributed by atoms with Gasteiger partial charge < -0.3 is 50.1 Å². The van der Waals surface area contributed by atoms with Gasteiger partial charge in [0.05, 0.1) is 49.1 Å². The molecule has 0 saturated carbocycles. The average Bonchev–Trinajstić information content (AvgIpc) is 3.51. The lowest BCUT2D eigenvalue weighted by molar-refractivity contribution is -0.144. The molecule has 1 saturated heterocycles. The quantitative estimate of drug-likeness (QED) is 0.0160. The normalized spacial score (nSPS) is 13.9. The number of Topliss-reactive ketones (excluding diaryl/α,β-unsaturated/α-hetero) is 2. The molecular formula is C49H90N4O15S6. The molecule has 1 aliphatic rings. The van der Waals surface area contributed by atoms with E-state index in [-0.39, 0.29) is 100.0 Å². The summed E-state index contributed by atoms with van der Waals surface area (Å²) in [6.45, 7) is 2.17. The van der Waals surface area contributed by atoms with Gasteiger partial charge in [-0.15, -0.1) is 0 Å². The number of unbranched alkanes of at least 4 members (excludes halogenated alkanes) is 17. The number of carboxylic acids is 3. The summed E-state index contributed by atoms with van der Waals surface area (Å²) in [5.74, 6) is -0.672. The third kappa shape index (κ3) is 50.0. The van der Waals surface area contributed by atoms with Crippen molar-refractivity contribution in [1.29, 1.82) is 0 Å². The van der Waals surface area contributed by atoms with Gasteiger partial charge in [0.1, 0.15) is 29.7 Å². The summed E-state index contributed by atoms with van der Waals surface area (Å²) in [4.78, 5) is 83.1. The first kappa shape index (κ1) is 72.5. The van der Waals surface area contributed by atoms with Crippen LogP contribution in [0.1, 0.15) is 173 Å². The van der Waals surface area contributed by atoms with Crippen LogP contribution in [0.5, 0.6) is 0 Å². The molecule has 1 heterocycles. The van der Waals surface area contributed by atoms with E-state index in [0.29, 0.717) is 45.4 Å². The van der Waals surface area contributed by atoms with Gasteiger partial charge >= 0.3 is 17.9 Å². The van der Waals surface area contributed by atoms with Gasteiger partial charge in [-0.25, -0.2) is 5.90 Å². The van der Waals surface area contributed by atoms with Crippen molar-refractivity contribution in [3.63, 3.8) is 0 Å². The molecule has 1 aliphatic heterocycles. The van der Waals surface area contributed by atoms with Crippen molar-refractivity contribution >= 4 is 106 Å². The van der Waals surface area contributed by atoms with Gasteiger partial charge in [-0.05, 0) is 38.5 Å². The average molecular weight is 1170 g/mol. The second-order valence-electron chi connectivity index (χ2n) is 17.7. The van der Waals surface area contributed by atoms with E-state index in [1.54, 1.807) is 43.2 Å². The summed E-state index contributed by atoms with van der Waals surface area (Å²) in [5.41, 5.74) is 0. The largest absolute Gasteiger partial charge is 0.481 e. The number of ether oxygens (including phenoxy) is 4. The summed E-state index contributed by atoms with van der Waals surface area (Å²) in [6, 6.07) is -0.609. The fraction of sp³-hybridized carbons (Fsp3) is 0.857. The summed E-state index contributed by atoms with van der Waals surface area (Å²) in [5, 5.41) is 45.2. The Morgan fingerprint density at radius 2 is 0.946 bits per heavy atom. The van der Waals surface area contributed by atoms with Crippen molar-refractivity contribution in [3.8, 4) is 0 Å². The van der Waals surface area contributed by atoms with Gasteiger partial charge in [0.25, 0.3) is 0 Å². The second kappa shape index (κ2) is 54.8. The van der Waals surface area contributed by atoms with Gasteiger partial charge in [0.2, 0.25) is 11.8 Å². The SMILES string of the molecule is NO.O=C(O)CCCCCCCCCCCCCCCCCCC(=O)C[C@@H](CCC(=O)NCCOCCOCC(=O)CCCOCCOCC(=O)NCCCCC[C@H](NC1SSCSSCSS1)C(=O)O)C(=O)O. The molecule has 1 rings (SSSR count). The molecule has 0 aromatic heterocycles. The number of amides is 2. The number of carbonyl (C=O) groups excluding carboxylic acids is 4. The van der Waals surface area contributed by atoms with Gasteiger partial charge in [-0.2, -0.15) is 0 Å². The molecule has 19 nitrogen and oxygen atoms in total. The highest BCUT2D eigenvalue weighted by molar-refractivity contribution is 8.92. The first-order valence-corrected chi connectivity index (χ1v) is 33.6. The number of aliphatic carboxylic acids is 3. The smallest absolute Gasteiger partial charge is 0.320 e. The van der Waals surface area contributed by atoms with Crippen LogP contribution in [0.25, 0.3) is 0 Å². The molecule has 0 aromatic carbocycles. The Hall–Kier alpha value is -1.49. The zero-order chi connectivity index (χ0) is 54.5. The van der Waals surface area contributed by atoms with E-state index in [0.717, 1.165) is 74.4 Å². The summed E-state index contributed by atoms with van der Waals surface area (Å²) >= 11 is 0. The molecule has 0 unspecified atom stereocenters.